The van der Waals surface area contributed by atoms with Crippen LogP contribution in [-0.4, -0.2) is 29.6 Å². The fourth-order valence-electron chi connectivity index (χ4n) is 2.48. The first-order chi connectivity index (χ1) is 12.0. The van der Waals surface area contributed by atoms with Crippen LogP contribution in [0.4, 0.5) is 5.88 Å². The van der Waals surface area contributed by atoms with Crippen molar-refractivity contribution >= 4 is 23.1 Å². The van der Waals surface area contributed by atoms with Crippen LogP contribution in [0, 0.1) is 13.8 Å². The Morgan fingerprint density at radius 1 is 1.24 bits per heavy atom. The highest BCUT2D eigenvalue weighted by atomic mass is 32.1. The van der Waals surface area contributed by atoms with Gasteiger partial charge in [0.25, 0.3) is 0 Å². The first-order valence-electron chi connectivity index (χ1n) is 8.06. The summed E-state index contributed by atoms with van der Waals surface area (Å²) in [5, 5.41) is 8.85. The number of benzene rings is 1. The van der Waals surface area contributed by atoms with E-state index in [4.69, 9.17) is 4.52 Å². The van der Waals surface area contributed by atoms with Crippen LogP contribution in [0.3, 0.4) is 0 Å². The van der Waals surface area contributed by atoms with Crippen molar-refractivity contribution in [3.8, 4) is 11.3 Å². The molecule has 6 heteroatoms. The Balaban J connectivity index is 1.56. The fourth-order valence-corrected chi connectivity index (χ4v) is 3.47. The van der Waals surface area contributed by atoms with Gasteiger partial charge >= 0.3 is 0 Å². The average Bonchev–Trinajstić information content (AvgIpc) is 3.18. The lowest BCUT2D eigenvalue weighted by Crippen LogP contribution is -2.29. The lowest BCUT2D eigenvalue weighted by Gasteiger charge is -2.15. The minimum absolute atomic E-state index is 0.122. The molecule has 0 bridgehead atoms. The number of thiophene rings is 1. The van der Waals surface area contributed by atoms with Gasteiger partial charge in [0.15, 0.2) is 0 Å². The molecule has 0 radical (unpaired) electrons. The zero-order chi connectivity index (χ0) is 17.8. The minimum Gasteiger partial charge on any atom is -0.338 e. The summed E-state index contributed by atoms with van der Waals surface area (Å²) in [5.41, 5.74) is 4.11. The van der Waals surface area contributed by atoms with E-state index < -0.39 is 0 Å². The second kappa shape index (κ2) is 7.63. The number of hydrogen-bond donors (Lipinski definition) is 1. The van der Waals surface area contributed by atoms with Crippen LogP contribution in [-0.2, 0) is 11.3 Å². The summed E-state index contributed by atoms with van der Waals surface area (Å²) in [4.78, 5) is 15.4. The predicted molar refractivity (Wildman–Crippen MR) is 101 cm³/mol. The highest BCUT2D eigenvalue weighted by Crippen LogP contribution is 2.22. The smallest absolute Gasteiger partial charge is 0.240 e. The Labute approximate surface area is 151 Å². The van der Waals surface area contributed by atoms with Crippen molar-refractivity contribution in [2.75, 3.05) is 18.9 Å². The van der Waals surface area contributed by atoms with Gasteiger partial charge in [-0.1, -0.05) is 35.0 Å². The minimum atomic E-state index is -0.122. The second-order valence-corrected chi connectivity index (χ2v) is 7.19. The maximum Gasteiger partial charge on any atom is 0.240 e. The Morgan fingerprint density at radius 2 is 2.00 bits per heavy atom. The largest absolute Gasteiger partial charge is 0.338 e. The number of nitrogens with one attached hydrogen (secondary N) is 1. The fraction of sp³-hybridized carbons (Fsp3) is 0.263. The van der Waals surface area contributed by atoms with E-state index in [2.05, 4.69) is 28.8 Å². The van der Waals surface area contributed by atoms with Gasteiger partial charge in [0.1, 0.15) is 5.69 Å². The highest BCUT2D eigenvalue weighted by molar-refractivity contribution is 7.10. The van der Waals surface area contributed by atoms with Crippen LogP contribution < -0.4 is 5.32 Å². The molecule has 25 heavy (non-hydrogen) atoms. The van der Waals surface area contributed by atoms with Gasteiger partial charge in [-0.15, -0.1) is 11.3 Å². The number of likely N-dealkylation sites (N-methyl/N-ethyl adjacent to an activating group) is 1. The van der Waals surface area contributed by atoms with Gasteiger partial charge in [-0.2, -0.15) is 0 Å². The van der Waals surface area contributed by atoms with E-state index in [9.17, 15) is 4.79 Å². The standard InChI is InChI=1S/C19H21N3O2S/c1-13-4-6-15(7-5-13)16-10-19(24-21-16)20-18(23)12-22(3)11-17-14(2)8-9-25-17/h4-10H,11-12H2,1-3H3,(H,20,23). The van der Waals surface area contributed by atoms with Crippen molar-refractivity contribution in [2.45, 2.75) is 20.4 Å². The third kappa shape index (κ3) is 4.55. The molecule has 2 aromatic heterocycles. The number of nitrogens with zero attached hydrogens (tertiary/aromatic N) is 2. The molecule has 3 rings (SSSR count). The summed E-state index contributed by atoms with van der Waals surface area (Å²) in [7, 11) is 1.93. The first kappa shape index (κ1) is 17.4. The summed E-state index contributed by atoms with van der Waals surface area (Å²) in [6, 6.07) is 11.8. The van der Waals surface area contributed by atoms with Crippen LogP contribution in [0.15, 0.2) is 46.3 Å². The van der Waals surface area contributed by atoms with E-state index in [1.807, 2.05) is 43.1 Å². The number of anilines is 1. The molecule has 0 atom stereocenters. The van der Waals surface area contributed by atoms with Crippen LogP contribution in [0.2, 0.25) is 0 Å². The molecule has 2 heterocycles. The number of carbonyl (C=O) groups excluding carboxylic acids is 1. The number of aromatic nitrogens is 1. The van der Waals surface area contributed by atoms with E-state index in [1.165, 1.54) is 16.0 Å². The van der Waals surface area contributed by atoms with E-state index in [0.29, 0.717) is 11.6 Å². The normalized spacial score (nSPS) is 11.0. The maximum absolute atomic E-state index is 12.2. The Hall–Kier alpha value is -2.44. The van der Waals surface area contributed by atoms with E-state index in [1.54, 1.807) is 17.4 Å². The molecule has 3 aromatic rings. The highest BCUT2D eigenvalue weighted by Gasteiger charge is 2.12. The zero-order valence-corrected chi connectivity index (χ0v) is 15.4. The predicted octanol–water partition coefficient (Wildman–Crippen LogP) is 4.09. The lowest BCUT2D eigenvalue weighted by molar-refractivity contribution is -0.117. The quantitative estimate of drug-likeness (QED) is 0.723. The number of amides is 1. The summed E-state index contributed by atoms with van der Waals surface area (Å²) in [6.07, 6.45) is 0. The van der Waals surface area contributed by atoms with Crippen molar-refractivity contribution in [3.63, 3.8) is 0 Å². The molecule has 0 fully saturated rings. The number of rotatable bonds is 6. The molecule has 1 amide bonds. The van der Waals surface area contributed by atoms with Gasteiger partial charge < -0.3 is 4.52 Å². The van der Waals surface area contributed by atoms with Gasteiger partial charge in [0, 0.05) is 23.1 Å². The van der Waals surface area contributed by atoms with Crippen LogP contribution in [0.5, 0.6) is 0 Å². The Morgan fingerprint density at radius 3 is 2.68 bits per heavy atom. The average molecular weight is 355 g/mol. The first-order valence-corrected chi connectivity index (χ1v) is 8.94. The van der Waals surface area contributed by atoms with Crippen molar-refractivity contribution in [1.82, 2.24) is 10.1 Å². The van der Waals surface area contributed by atoms with Crippen molar-refractivity contribution in [1.29, 1.82) is 0 Å². The van der Waals surface area contributed by atoms with Gasteiger partial charge in [0.2, 0.25) is 11.8 Å². The van der Waals surface area contributed by atoms with Crippen LogP contribution in [0.25, 0.3) is 11.3 Å². The number of carbonyl (C=O) groups is 1. The van der Waals surface area contributed by atoms with Crippen molar-refractivity contribution < 1.29 is 9.32 Å². The van der Waals surface area contributed by atoms with Crippen molar-refractivity contribution in [3.05, 3.63) is 57.8 Å². The third-order valence-corrected chi connectivity index (χ3v) is 4.92. The topological polar surface area (TPSA) is 58.4 Å². The summed E-state index contributed by atoms with van der Waals surface area (Å²) >= 11 is 1.71. The van der Waals surface area contributed by atoms with Gasteiger partial charge in [0.05, 0.1) is 6.54 Å². The van der Waals surface area contributed by atoms with Gasteiger partial charge in [-0.3, -0.25) is 15.0 Å². The van der Waals surface area contributed by atoms with Gasteiger partial charge in [-0.25, -0.2) is 0 Å². The molecular weight excluding hydrogens is 334 g/mol. The molecule has 0 spiro atoms. The van der Waals surface area contributed by atoms with E-state index in [-0.39, 0.29) is 12.5 Å². The van der Waals surface area contributed by atoms with Crippen LogP contribution in [0.1, 0.15) is 16.0 Å². The number of hydrogen-bond acceptors (Lipinski definition) is 5. The Bertz CT molecular complexity index is 852. The lowest BCUT2D eigenvalue weighted by atomic mass is 10.1. The molecule has 5 nitrogen and oxygen atoms in total. The van der Waals surface area contributed by atoms with Crippen LogP contribution >= 0.6 is 11.3 Å². The van der Waals surface area contributed by atoms with Crippen molar-refractivity contribution in [2.24, 2.45) is 0 Å². The van der Waals surface area contributed by atoms with E-state index in [0.717, 1.165) is 12.1 Å². The Kier molecular flexibility index (Phi) is 5.31. The molecule has 1 aromatic carbocycles. The molecular formula is C19H21N3O2S. The van der Waals surface area contributed by atoms with Gasteiger partial charge in [-0.05, 0) is 37.9 Å². The summed E-state index contributed by atoms with van der Waals surface area (Å²) < 4.78 is 5.23. The molecule has 1 N–H and O–H groups in total. The molecule has 0 unspecified atom stereocenters. The second-order valence-electron chi connectivity index (χ2n) is 6.19. The molecule has 0 saturated heterocycles. The SMILES string of the molecule is Cc1ccc(-c2cc(NC(=O)CN(C)Cc3sccc3C)on2)cc1. The van der Waals surface area contributed by atoms with E-state index >= 15 is 0 Å². The zero-order valence-electron chi connectivity index (χ0n) is 14.6. The molecule has 0 aliphatic heterocycles. The monoisotopic (exact) mass is 355 g/mol. The summed E-state index contributed by atoms with van der Waals surface area (Å²) in [5.74, 6) is 0.240. The maximum atomic E-state index is 12.2. The molecule has 0 aliphatic carbocycles. The molecule has 130 valence electrons. The molecule has 0 aliphatic rings. The third-order valence-electron chi connectivity index (χ3n) is 3.92. The number of aryl methyl sites for hydroxylation is 2. The summed E-state index contributed by atoms with van der Waals surface area (Å²) in [6.45, 7) is 5.16. The molecule has 0 saturated carbocycles.